The Kier molecular flexibility index (Phi) is 13.7. The Morgan fingerprint density at radius 2 is 1.46 bits per heavy atom. The van der Waals surface area contributed by atoms with Crippen molar-refractivity contribution in [3.05, 3.63) is 23.8 Å². The van der Waals surface area contributed by atoms with Crippen molar-refractivity contribution in [3.63, 3.8) is 0 Å². The van der Waals surface area contributed by atoms with Crippen LogP contribution in [0.2, 0.25) is 0 Å². The number of rotatable bonds is 15. The Labute approximate surface area is 218 Å². The maximum Gasteiger partial charge on any atom is 0.508 e. The molecule has 0 bridgehead atoms. The van der Waals surface area contributed by atoms with Crippen LogP contribution in [0, 0.1) is 17.8 Å². The molecule has 0 aliphatic carbocycles. The number of carbonyl (C=O) groups is 4. The van der Waals surface area contributed by atoms with Crippen molar-refractivity contribution in [1.82, 2.24) is 0 Å². The lowest BCUT2D eigenvalue weighted by Crippen LogP contribution is -2.40. The molecular weight excluding hydrogens is 482 g/mol. The van der Waals surface area contributed by atoms with Gasteiger partial charge in [-0.25, -0.2) is 4.79 Å². The number of carbonyl (C=O) groups excluding carboxylic acids is 3. The van der Waals surface area contributed by atoms with Gasteiger partial charge in [-0.1, -0.05) is 54.0 Å². The standard InChI is InChI=1S/C27H41NO9/c1-7-8-11-34-27(33)35-15-18(6)24(25(28)26(31)32)19-9-10-20(36-22(29)12-16(2)3)21(14-19)37-23(30)13-17(4)5/h9-10,14,16-18,24-25H,7-8,11-13,15,28H2,1-6H3,(H,31,32)/t18?,24?,25-/m0/s1. The molecule has 208 valence electrons. The van der Waals surface area contributed by atoms with Gasteiger partial charge in [0.1, 0.15) is 6.04 Å². The van der Waals surface area contributed by atoms with Gasteiger partial charge < -0.3 is 29.8 Å². The maximum atomic E-state index is 12.4. The van der Waals surface area contributed by atoms with Crippen molar-refractivity contribution < 1.29 is 43.2 Å². The lowest BCUT2D eigenvalue weighted by Gasteiger charge is -2.28. The van der Waals surface area contributed by atoms with Crippen LogP contribution >= 0.6 is 0 Å². The molecule has 0 fully saturated rings. The van der Waals surface area contributed by atoms with Gasteiger partial charge in [0, 0.05) is 18.8 Å². The first kappa shape index (κ1) is 31.9. The van der Waals surface area contributed by atoms with Crippen molar-refractivity contribution in [2.24, 2.45) is 23.5 Å². The fraction of sp³-hybridized carbons (Fsp3) is 0.630. The highest BCUT2D eigenvalue weighted by molar-refractivity contribution is 5.77. The molecule has 0 radical (unpaired) electrons. The van der Waals surface area contributed by atoms with Crippen molar-refractivity contribution in [1.29, 1.82) is 0 Å². The monoisotopic (exact) mass is 523 g/mol. The highest BCUT2D eigenvalue weighted by Crippen LogP contribution is 2.36. The van der Waals surface area contributed by atoms with Crippen LogP contribution in [0.5, 0.6) is 11.5 Å². The molecule has 3 N–H and O–H groups in total. The molecule has 0 aliphatic heterocycles. The number of hydrogen-bond donors (Lipinski definition) is 2. The van der Waals surface area contributed by atoms with E-state index >= 15 is 0 Å². The molecule has 37 heavy (non-hydrogen) atoms. The molecule has 0 saturated heterocycles. The molecule has 0 saturated carbocycles. The zero-order valence-corrected chi connectivity index (χ0v) is 22.7. The highest BCUT2D eigenvalue weighted by Gasteiger charge is 2.33. The van der Waals surface area contributed by atoms with E-state index in [-0.39, 0.29) is 49.4 Å². The minimum absolute atomic E-state index is 0.0186. The number of nitrogens with two attached hydrogens (primary N) is 1. The smallest absolute Gasteiger partial charge is 0.480 e. The number of carboxylic acid groups (broad SMARTS) is 1. The van der Waals surface area contributed by atoms with E-state index in [0.717, 1.165) is 6.42 Å². The third-order valence-electron chi connectivity index (χ3n) is 5.42. The summed E-state index contributed by atoms with van der Waals surface area (Å²) >= 11 is 0. The molecule has 0 aromatic heterocycles. The van der Waals surface area contributed by atoms with Crippen molar-refractivity contribution in [2.45, 2.75) is 79.2 Å². The average molecular weight is 524 g/mol. The second-order valence-electron chi connectivity index (χ2n) is 9.98. The minimum atomic E-state index is -1.36. The van der Waals surface area contributed by atoms with Gasteiger partial charge >= 0.3 is 24.1 Å². The maximum absolute atomic E-state index is 12.4. The van der Waals surface area contributed by atoms with Gasteiger partial charge in [0.2, 0.25) is 0 Å². The average Bonchev–Trinajstić information content (AvgIpc) is 2.78. The lowest BCUT2D eigenvalue weighted by atomic mass is 9.82. The van der Waals surface area contributed by atoms with Crippen LogP contribution < -0.4 is 15.2 Å². The Morgan fingerprint density at radius 1 is 0.892 bits per heavy atom. The van der Waals surface area contributed by atoms with Gasteiger partial charge in [0.05, 0.1) is 13.2 Å². The summed E-state index contributed by atoms with van der Waals surface area (Å²) in [7, 11) is 0. The number of hydrogen-bond acceptors (Lipinski definition) is 9. The number of carboxylic acids is 1. The summed E-state index contributed by atoms with van der Waals surface area (Å²) in [6.45, 7) is 11.2. The van der Waals surface area contributed by atoms with Crippen LogP contribution in [-0.4, -0.2) is 48.4 Å². The van der Waals surface area contributed by atoms with Gasteiger partial charge in [-0.3, -0.25) is 14.4 Å². The molecule has 0 amide bonds. The fourth-order valence-electron chi connectivity index (χ4n) is 3.58. The Morgan fingerprint density at radius 3 is 1.97 bits per heavy atom. The van der Waals surface area contributed by atoms with E-state index in [9.17, 15) is 24.3 Å². The summed E-state index contributed by atoms with van der Waals surface area (Å²) in [6, 6.07) is 3.09. The summed E-state index contributed by atoms with van der Waals surface area (Å²) in [5, 5.41) is 9.64. The van der Waals surface area contributed by atoms with E-state index in [0.29, 0.717) is 12.0 Å². The van der Waals surface area contributed by atoms with Gasteiger partial charge in [0.25, 0.3) is 0 Å². The molecule has 10 heteroatoms. The third kappa shape index (κ3) is 11.6. The third-order valence-corrected chi connectivity index (χ3v) is 5.42. The van der Waals surface area contributed by atoms with Crippen LogP contribution in [-0.2, 0) is 23.9 Å². The molecule has 0 heterocycles. The van der Waals surface area contributed by atoms with Crippen LogP contribution in [0.4, 0.5) is 4.79 Å². The number of ether oxygens (including phenoxy) is 4. The summed E-state index contributed by atoms with van der Waals surface area (Å²) < 4.78 is 21.1. The summed E-state index contributed by atoms with van der Waals surface area (Å²) in [5.74, 6) is -3.54. The zero-order chi connectivity index (χ0) is 28.1. The number of aliphatic carboxylic acids is 1. The lowest BCUT2D eigenvalue weighted by molar-refractivity contribution is -0.139. The quantitative estimate of drug-likeness (QED) is 0.188. The molecule has 0 spiro atoms. The highest BCUT2D eigenvalue weighted by atomic mass is 16.7. The van der Waals surface area contributed by atoms with Crippen LogP contribution in [0.15, 0.2) is 18.2 Å². The van der Waals surface area contributed by atoms with Crippen molar-refractivity contribution >= 4 is 24.1 Å². The van der Waals surface area contributed by atoms with E-state index in [2.05, 4.69) is 0 Å². The zero-order valence-electron chi connectivity index (χ0n) is 22.7. The van der Waals surface area contributed by atoms with Crippen LogP contribution in [0.1, 0.15) is 78.7 Å². The summed E-state index contributed by atoms with van der Waals surface area (Å²) in [6.07, 6.45) is 0.997. The number of benzene rings is 1. The molecule has 1 aromatic carbocycles. The van der Waals surface area contributed by atoms with Gasteiger partial charge in [0.15, 0.2) is 11.5 Å². The first-order chi connectivity index (χ1) is 17.3. The Hall–Kier alpha value is -3.14. The first-order valence-electron chi connectivity index (χ1n) is 12.7. The fourth-order valence-corrected chi connectivity index (χ4v) is 3.58. The van der Waals surface area contributed by atoms with Gasteiger partial charge in [-0.05, 0) is 41.9 Å². The second kappa shape index (κ2) is 15.9. The summed E-state index contributed by atoms with van der Waals surface area (Å²) in [4.78, 5) is 48.4. The van der Waals surface area contributed by atoms with E-state index in [1.165, 1.54) is 12.1 Å². The van der Waals surface area contributed by atoms with Crippen molar-refractivity contribution in [3.8, 4) is 11.5 Å². The predicted octanol–water partition coefficient (Wildman–Crippen LogP) is 4.67. The van der Waals surface area contributed by atoms with E-state index in [1.807, 2.05) is 34.6 Å². The molecular formula is C27H41NO9. The normalized spacial score (nSPS) is 13.5. The van der Waals surface area contributed by atoms with Crippen molar-refractivity contribution in [2.75, 3.05) is 13.2 Å². The number of esters is 2. The van der Waals surface area contributed by atoms with E-state index in [4.69, 9.17) is 24.7 Å². The molecule has 3 atom stereocenters. The second-order valence-corrected chi connectivity index (χ2v) is 9.98. The predicted molar refractivity (Wildman–Crippen MR) is 136 cm³/mol. The summed E-state index contributed by atoms with van der Waals surface area (Å²) in [5.41, 5.74) is 6.44. The first-order valence-corrected chi connectivity index (χ1v) is 12.7. The molecule has 1 aromatic rings. The largest absolute Gasteiger partial charge is 0.508 e. The Bertz CT molecular complexity index is 913. The SMILES string of the molecule is CCCCOC(=O)OCC(C)C(c1ccc(OC(=O)CC(C)C)c(OC(=O)CC(C)C)c1)[C@H](N)C(=O)O. The van der Waals surface area contributed by atoms with E-state index in [1.54, 1.807) is 13.0 Å². The molecule has 1 rings (SSSR count). The van der Waals surface area contributed by atoms with Gasteiger partial charge in [-0.2, -0.15) is 0 Å². The van der Waals surface area contributed by atoms with Crippen LogP contribution in [0.25, 0.3) is 0 Å². The molecule has 2 unspecified atom stereocenters. The van der Waals surface area contributed by atoms with E-state index < -0.39 is 41.9 Å². The molecule has 0 aliphatic rings. The topological polar surface area (TPSA) is 151 Å². The molecule has 10 nitrogen and oxygen atoms in total. The Balaban J connectivity index is 3.28. The number of unbranched alkanes of at least 4 members (excludes halogenated alkanes) is 1. The van der Waals surface area contributed by atoms with Gasteiger partial charge in [-0.15, -0.1) is 0 Å². The van der Waals surface area contributed by atoms with Crippen LogP contribution in [0.3, 0.4) is 0 Å². The minimum Gasteiger partial charge on any atom is -0.480 e.